The van der Waals surface area contributed by atoms with Gasteiger partial charge < -0.3 is 4.40 Å². The van der Waals surface area contributed by atoms with Gasteiger partial charge in [-0.2, -0.15) is 0 Å². The first kappa shape index (κ1) is 21.3. The maximum Gasteiger partial charge on any atom is 0.185 e. The Bertz CT molecular complexity index is 1510. The van der Waals surface area contributed by atoms with E-state index in [1.807, 2.05) is 54.7 Å². The van der Waals surface area contributed by atoms with Crippen LogP contribution in [0.1, 0.15) is 17.3 Å². The number of allylic oxidation sites excluding steroid dienone is 2. The van der Waals surface area contributed by atoms with Crippen molar-refractivity contribution in [2.24, 2.45) is 0 Å². The number of ketones is 2. The number of pyridine rings is 1. The lowest BCUT2D eigenvalue weighted by Gasteiger charge is -2.09. The van der Waals surface area contributed by atoms with Crippen LogP contribution < -0.4 is 0 Å². The first-order valence-corrected chi connectivity index (χ1v) is 11.1. The Labute approximate surface area is 197 Å². The molecule has 0 aliphatic heterocycles. The van der Waals surface area contributed by atoms with E-state index >= 15 is 0 Å². The fourth-order valence-electron chi connectivity index (χ4n) is 3.95. The summed E-state index contributed by atoms with van der Waals surface area (Å²) in [5, 5.41) is 0. The highest BCUT2D eigenvalue weighted by Crippen LogP contribution is 2.32. The van der Waals surface area contributed by atoms with Gasteiger partial charge in [0.15, 0.2) is 11.6 Å². The quantitative estimate of drug-likeness (QED) is 0.218. The third kappa shape index (κ3) is 4.34. The predicted molar refractivity (Wildman–Crippen MR) is 136 cm³/mol. The maximum atomic E-state index is 12.4. The van der Waals surface area contributed by atoms with Gasteiger partial charge in [-0.05, 0) is 41.8 Å². The standard InChI is InChI=1S/C30H22N2O2/c1-21(33)12-17-29(34)25-15-13-23(14-16-25)27-18-26(22-8-4-2-5-9-22)19-32-20-28(31-30(27)32)24-10-6-3-7-11-24/h2-20H,1H3. The highest BCUT2D eigenvalue weighted by Gasteiger charge is 2.13. The summed E-state index contributed by atoms with van der Waals surface area (Å²) in [6.45, 7) is 1.42. The summed E-state index contributed by atoms with van der Waals surface area (Å²) in [6, 6.07) is 29.9. The Balaban J connectivity index is 1.63. The molecule has 0 fully saturated rings. The molecule has 5 rings (SSSR count). The summed E-state index contributed by atoms with van der Waals surface area (Å²) in [6.07, 6.45) is 6.74. The summed E-state index contributed by atoms with van der Waals surface area (Å²) < 4.78 is 2.06. The number of imidazole rings is 1. The normalized spacial score (nSPS) is 11.2. The fraction of sp³-hybridized carbons (Fsp3) is 0.0333. The van der Waals surface area contributed by atoms with Crippen LogP contribution in [-0.2, 0) is 4.79 Å². The Morgan fingerprint density at radius 2 is 1.35 bits per heavy atom. The molecule has 0 unspecified atom stereocenters. The largest absolute Gasteiger partial charge is 0.305 e. The molecule has 2 heterocycles. The number of hydrogen-bond donors (Lipinski definition) is 0. The topological polar surface area (TPSA) is 51.4 Å². The average Bonchev–Trinajstić information content (AvgIpc) is 3.32. The molecule has 4 nitrogen and oxygen atoms in total. The molecule has 2 aromatic heterocycles. The Hall–Kier alpha value is -4.57. The smallest absolute Gasteiger partial charge is 0.185 e. The van der Waals surface area contributed by atoms with Gasteiger partial charge in [0.25, 0.3) is 0 Å². The predicted octanol–water partition coefficient (Wildman–Crippen LogP) is 6.66. The highest BCUT2D eigenvalue weighted by atomic mass is 16.1. The number of carbonyl (C=O) groups is 2. The second-order valence-corrected chi connectivity index (χ2v) is 8.12. The van der Waals surface area contributed by atoms with Gasteiger partial charge in [-0.15, -0.1) is 0 Å². The molecule has 0 atom stereocenters. The number of fused-ring (bicyclic) bond motifs is 1. The molecular formula is C30H22N2O2. The van der Waals surface area contributed by atoms with Gasteiger partial charge >= 0.3 is 0 Å². The maximum absolute atomic E-state index is 12.4. The van der Waals surface area contributed by atoms with E-state index in [9.17, 15) is 9.59 Å². The van der Waals surface area contributed by atoms with Gasteiger partial charge in [0, 0.05) is 29.1 Å². The van der Waals surface area contributed by atoms with Crippen LogP contribution in [0.2, 0.25) is 0 Å². The van der Waals surface area contributed by atoms with Crippen LogP contribution in [0, 0.1) is 0 Å². The second kappa shape index (κ2) is 9.12. The molecule has 5 aromatic rings. The van der Waals surface area contributed by atoms with E-state index < -0.39 is 0 Å². The molecule has 0 N–H and O–H groups in total. The first-order valence-electron chi connectivity index (χ1n) is 11.1. The first-order chi connectivity index (χ1) is 16.6. The van der Waals surface area contributed by atoms with Gasteiger partial charge in [0.2, 0.25) is 0 Å². The van der Waals surface area contributed by atoms with Crippen LogP contribution in [0.15, 0.2) is 116 Å². The molecule has 4 heteroatoms. The van der Waals surface area contributed by atoms with Gasteiger partial charge in [-0.25, -0.2) is 4.98 Å². The number of rotatable bonds is 6. The van der Waals surface area contributed by atoms with Crippen molar-refractivity contribution in [3.8, 4) is 33.5 Å². The Morgan fingerprint density at radius 3 is 2.00 bits per heavy atom. The zero-order valence-corrected chi connectivity index (χ0v) is 18.7. The molecule has 0 aliphatic rings. The van der Waals surface area contributed by atoms with E-state index in [1.54, 1.807) is 12.1 Å². The van der Waals surface area contributed by atoms with E-state index in [-0.39, 0.29) is 11.6 Å². The number of hydrogen-bond acceptors (Lipinski definition) is 3. The van der Waals surface area contributed by atoms with Crippen molar-refractivity contribution >= 4 is 17.2 Å². The molecule has 3 aromatic carbocycles. The zero-order chi connectivity index (χ0) is 23.5. The summed E-state index contributed by atoms with van der Waals surface area (Å²) in [4.78, 5) is 28.4. The van der Waals surface area contributed by atoms with E-state index in [2.05, 4.69) is 40.9 Å². The minimum atomic E-state index is -0.197. The molecule has 0 bridgehead atoms. The van der Waals surface area contributed by atoms with Gasteiger partial charge in [-0.3, -0.25) is 9.59 Å². The molecular weight excluding hydrogens is 420 g/mol. The van der Waals surface area contributed by atoms with Crippen molar-refractivity contribution in [1.82, 2.24) is 9.38 Å². The monoisotopic (exact) mass is 442 g/mol. The molecule has 34 heavy (non-hydrogen) atoms. The lowest BCUT2D eigenvalue weighted by molar-refractivity contribution is -0.112. The number of aromatic nitrogens is 2. The average molecular weight is 443 g/mol. The van der Waals surface area contributed by atoms with Crippen molar-refractivity contribution in [2.75, 3.05) is 0 Å². The number of carbonyl (C=O) groups excluding carboxylic acids is 2. The number of nitrogens with zero attached hydrogens (tertiary/aromatic N) is 2. The summed E-state index contributed by atoms with van der Waals surface area (Å²) in [5.74, 6) is -0.351. The minimum Gasteiger partial charge on any atom is -0.305 e. The van der Waals surface area contributed by atoms with Crippen molar-refractivity contribution in [3.63, 3.8) is 0 Å². The van der Waals surface area contributed by atoms with Crippen molar-refractivity contribution in [3.05, 3.63) is 121 Å². The lowest BCUT2D eigenvalue weighted by Crippen LogP contribution is -1.96. The van der Waals surface area contributed by atoms with E-state index in [1.165, 1.54) is 19.1 Å². The van der Waals surface area contributed by atoms with Crippen molar-refractivity contribution in [2.45, 2.75) is 6.92 Å². The van der Waals surface area contributed by atoms with E-state index in [0.717, 1.165) is 39.2 Å². The lowest BCUT2D eigenvalue weighted by atomic mass is 9.99. The van der Waals surface area contributed by atoms with Crippen LogP contribution in [0.3, 0.4) is 0 Å². The van der Waals surface area contributed by atoms with Crippen molar-refractivity contribution in [1.29, 1.82) is 0 Å². The van der Waals surface area contributed by atoms with Gasteiger partial charge in [0.05, 0.1) is 5.69 Å². The summed E-state index contributed by atoms with van der Waals surface area (Å²) in [5.41, 5.74) is 7.44. The number of benzene rings is 3. The van der Waals surface area contributed by atoms with Crippen molar-refractivity contribution < 1.29 is 9.59 Å². The summed E-state index contributed by atoms with van der Waals surface area (Å²) >= 11 is 0. The Morgan fingerprint density at radius 1 is 0.706 bits per heavy atom. The minimum absolute atomic E-state index is 0.154. The third-order valence-corrected chi connectivity index (χ3v) is 5.68. The van der Waals surface area contributed by atoms with E-state index in [0.29, 0.717) is 5.56 Å². The molecule has 0 spiro atoms. The van der Waals surface area contributed by atoms with Crippen LogP contribution in [0.25, 0.3) is 39.2 Å². The molecule has 164 valence electrons. The highest BCUT2D eigenvalue weighted by molar-refractivity contribution is 6.07. The van der Waals surface area contributed by atoms with Crippen LogP contribution in [-0.4, -0.2) is 21.0 Å². The zero-order valence-electron chi connectivity index (χ0n) is 18.7. The van der Waals surface area contributed by atoms with Gasteiger partial charge in [0.1, 0.15) is 5.65 Å². The van der Waals surface area contributed by atoms with E-state index in [4.69, 9.17) is 4.98 Å². The Kier molecular flexibility index (Phi) is 5.71. The molecule has 0 saturated heterocycles. The van der Waals surface area contributed by atoms with Gasteiger partial charge in [-0.1, -0.05) is 84.9 Å². The molecule has 0 aliphatic carbocycles. The molecule has 0 amide bonds. The summed E-state index contributed by atoms with van der Waals surface area (Å²) in [7, 11) is 0. The van der Waals surface area contributed by atoms with Crippen LogP contribution in [0.4, 0.5) is 0 Å². The third-order valence-electron chi connectivity index (χ3n) is 5.68. The van der Waals surface area contributed by atoms with Crippen LogP contribution in [0.5, 0.6) is 0 Å². The molecule has 0 radical (unpaired) electrons. The second-order valence-electron chi connectivity index (χ2n) is 8.12. The molecule has 0 saturated carbocycles. The SMILES string of the molecule is CC(=O)C=CC(=O)c1ccc(-c2cc(-c3ccccc3)cn3cc(-c4ccccc4)nc23)cc1. The fourth-order valence-corrected chi connectivity index (χ4v) is 3.95. The van der Waals surface area contributed by atoms with Crippen LogP contribution >= 0.6 is 0 Å².